The summed E-state index contributed by atoms with van der Waals surface area (Å²) in [6, 6.07) is 15.2. The van der Waals surface area contributed by atoms with E-state index in [4.69, 9.17) is 34.7 Å². The largest absolute Gasteiger partial charge is 0.383 e. The van der Waals surface area contributed by atoms with Crippen molar-refractivity contribution in [3.63, 3.8) is 0 Å². The third-order valence-electron chi connectivity index (χ3n) is 3.68. The van der Waals surface area contributed by atoms with Gasteiger partial charge in [-0.3, -0.25) is 0 Å². The van der Waals surface area contributed by atoms with Crippen LogP contribution in [0.15, 0.2) is 48.5 Å². The summed E-state index contributed by atoms with van der Waals surface area (Å²) < 4.78 is 0. The van der Waals surface area contributed by atoms with Crippen molar-refractivity contribution in [2.75, 3.05) is 5.73 Å². The molecule has 3 rings (SSSR count). The van der Waals surface area contributed by atoms with Crippen molar-refractivity contribution in [3.8, 4) is 11.3 Å². The Bertz CT molecular complexity index is 866. The Morgan fingerprint density at radius 1 is 0.958 bits per heavy atom. The minimum absolute atomic E-state index is 0.228. The molecule has 0 bridgehead atoms. The van der Waals surface area contributed by atoms with Gasteiger partial charge in [0.25, 0.3) is 0 Å². The van der Waals surface area contributed by atoms with Crippen LogP contribution in [0.4, 0.5) is 5.82 Å². The number of hydrogen-bond donors (Lipinski definition) is 2. The Hall–Kier alpha value is -2.14. The molecule has 0 aliphatic rings. The number of nitrogen functional groups attached to an aromatic ring is 1. The Balaban J connectivity index is 2.10. The molecule has 0 aliphatic carbocycles. The van der Waals surface area contributed by atoms with E-state index in [1.807, 2.05) is 36.4 Å². The van der Waals surface area contributed by atoms with Crippen molar-refractivity contribution < 1.29 is 0 Å². The maximum absolute atomic E-state index is 6.33. The minimum Gasteiger partial charge on any atom is -0.383 e. The van der Waals surface area contributed by atoms with Gasteiger partial charge in [-0.2, -0.15) is 0 Å². The molecule has 1 aromatic heterocycles. The fraction of sp³-hybridized carbons (Fsp3) is 0.111. The quantitative estimate of drug-likeness (QED) is 0.736. The predicted molar refractivity (Wildman–Crippen MR) is 99.0 cm³/mol. The Morgan fingerprint density at radius 2 is 1.71 bits per heavy atom. The molecule has 0 saturated carbocycles. The third-order valence-corrected chi connectivity index (χ3v) is 4.23. The minimum atomic E-state index is 0.228. The first-order valence-electron chi connectivity index (χ1n) is 7.43. The van der Waals surface area contributed by atoms with Gasteiger partial charge in [0.05, 0.1) is 10.7 Å². The number of benzene rings is 2. The van der Waals surface area contributed by atoms with Gasteiger partial charge in [0.2, 0.25) is 0 Å². The molecule has 3 aromatic rings. The second-order valence-corrected chi connectivity index (χ2v) is 6.19. The highest BCUT2D eigenvalue weighted by molar-refractivity contribution is 6.36. The lowest BCUT2D eigenvalue weighted by atomic mass is 10.1. The molecule has 0 unspecified atom stereocenters. The molecule has 122 valence electrons. The molecule has 24 heavy (non-hydrogen) atoms. The van der Waals surface area contributed by atoms with Gasteiger partial charge in [0.15, 0.2) is 0 Å². The second-order valence-electron chi connectivity index (χ2n) is 5.34. The lowest BCUT2D eigenvalue weighted by Crippen LogP contribution is -2.11. The summed E-state index contributed by atoms with van der Waals surface area (Å²) in [4.78, 5) is 9.05. The van der Waals surface area contributed by atoms with E-state index in [0.717, 1.165) is 11.1 Å². The van der Waals surface area contributed by atoms with Crippen LogP contribution in [-0.4, -0.2) is 9.97 Å². The predicted octanol–water partition coefficient (Wildman–Crippen LogP) is 4.08. The third kappa shape index (κ3) is 3.51. The fourth-order valence-electron chi connectivity index (χ4n) is 2.51. The number of anilines is 1. The molecule has 0 fully saturated rings. The first kappa shape index (κ1) is 16.7. The van der Waals surface area contributed by atoms with E-state index in [1.54, 1.807) is 12.1 Å². The summed E-state index contributed by atoms with van der Waals surface area (Å²) in [5.74, 6) is 0.997. The normalized spacial score (nSPS) is 10.8. The SMILES string of the molecule is NCc1c(N)nc(Cc2ccccc2)nc1-c1ccc(Cl)cc1Cl. The summed E-state index contributed by atoms with van der Waals surface area (Å²) in [6.07, 6.45) is 0.577. The summed E-state index contributed by atoms with van der Waals surface area (Å²) in [6.45, 7) is 0.228. The van der Waals surface area contributed by atoms with E-state index in [0.29, 0.717) is 39.4 Å². The molecule has 6 heteroatoms. The molecule has 1 heterocycles. The van der Waals surface area contributed by atoms with Gasteiger partial charge in [-0.1, -0.05) is 53.5 Å². The lowest BCUT2D eigenvalue weighted by molar-refractivity contribution is 0.940. The molecule has 4 N–H and O–H groups in total. The van der Waals surface area contributed by atoms with E-state index >= 15 is 0 Å². The maximum atomic E-state index is 6.33. The molecular formula is C18H16Cl2N4. The second kappa shape index (κ2) is 7.18. The molecular weight excluding hydrogens is 343 g/mol. The van der Waals surface area contributed by atoms with Gasteiger partial charge in [-0.25, -0.2) is 9.97 Å². The smallest absolute Gasteiger partial charge is 0.135 e. The highest BCUT2D eigenvalue weighted by Crippen LogP contribution is 2.33. The maximum Gasteiger partial charge on any atom is 0.135 e. The molecule has 0 atom stereocenters. The van der Waals surface area contributed by atoms with Gasteiger partial charge < -0.3 is 11.5 Å². The molecule has 0 aliphatic heterocycles. The van der Waals surface area contributed by atoms with Gasteiger partial charge in [-0.05, 0) is 23.8 Å². The van der Waals surface area contributed by atoms with E-state index in [-0.39, 0.29) is 6.54 Å². The van der Waals surface area contributed by atoms with Gasteiger partial charge in [0.1, 0.15) is 11.6 Å². The zero-order valence-electron chi connectivity index (χ0n) is 12.8. The average molecular weight is 359 g/mol. The van der Waals surface area contributed by atoms with Crippen molar-refractivity contribution in [3.05, 3.63) is 75.5 Å². The van der Waals surface area contributed by atoms with Crippen LogP contribution in [0, 0.1) is 0 Å². The molecule has 2 aromatic carbocycles. The van der Waals surface area contributed by atoms with Crippen molar-refractivity contribution in [2.24, 2.45) is 5.73 Å². The zero-order chi connectivity index (χ0) is 17.1. The van der Waals surface area contributed by atoms with Crippen molar-refractivity contribution >= 4 is 29.0 Å². The molecule has 0 saturated heterocycles. The molecule has 0 amide bonds. The molecule has 4 nitrogen and oxygen atoms in total. The lowest BCUT2D eigenvalue weighted by Gasteiger charge is -2.13. The van der Waals surface area contributed by atoms with Gasteiger partial charge >= 0.3 is 0 Å². The standard InChI is InChI=1S/C18H16Cl2N4/c19-12-6-7-13(15(20)9-12)17-14(10-21)18(22)24-16(23-17)8-11-4-2-1-3-5-11/h1-7,9H,8,10,21H2,(H2,22,23,24). The van der Waals surface area contributed by atoms with E-state index in [2.05, 4.69) is 9.97 Å². The average Bonchev–Trinajstić information content (AvgIpc) is 2.55. The highest BCUT2D eigenvalue weighted by Gasteiger charge is 2.16. The van der Waals surface area contributed by atoms with E-state index < -0.39 is 0 Å². The van der Waals surface area contributed by atoms with Crippen LogP contribution in [0.1, 0.15) is 17.0 Å². The van der Waals surface area contributed by atoms with Crippen LogP contribution in [-0.2, 0) is 13.0 Å². The number of hydrogen-bond acceptors (Lipinski definition) is 4. The monoisotopic (exact) mass is 358 g/mol. The van der Waals surface area contributed by atoms with E-state index in [9.17, 15) is 0 Å². The number of rotatable bonds is 4. The van der Waals surface area contributed by atoms with Crippen LogP contribution >= 0.6 is 23.2 Å². The Morgan fingerprint density at radius 3 is 2.38 bits per heavy atom. The van der Waals surface area contributed by atoms with Crippen LogP contribution in [0.2, 0.25) is 10.0 Å². The fourth-order valence-corrected chi connectivity index (χ4v) is 3.01. The Labute approximate surface area is 150 Å². The van der Waals surface area contributed by atoms with E-state index in [1.165, 1.54) is 0 Å². The topological polar surface area (TPSA) is 77.8 Å². The van der Waals surface area contributed by atoms with Crippen LogP contribution in [0.5, 0.6) is 0 Å². The van der Waals surface area contributed by atoms with Gasteiger partial charge in [-0.15, -0.1) is 0 Å². The van der Waals surface area contributed by atoms with Crippen molar-refractivity contribution in [1.29, 1.82) is 0 Å². The zero-order valence-corrected chi connectivity index (χ0v) is 14.3. The van der Waals surface area contributed by atoms with Crippen LogP contribution < -0.4 is 11.5 Å². The van der Waals surface area contributed by atoms with Gasteiger partial charge in [0, 0.05) is 29.1 Å². The van der Waals surface area contributed by atoms with Crippen LogP contribution in [0.25, 0.3) is 11.3 Å². The van der Waals surface area contributed by atoms with Crippen LogP contribution in [0.3, 0.4) is 0 Å². The first-order valence-corrected chi connectivity index (χ1v) is 8.18. The summed E-state index contributed by atoms with van der Waals surface area (Å²) in [5.41, 5.74) is 15.1. The number of halogens is 2. The highest BCUT2D eigenvalue weighted by atomic mass is 35.5. The van der Waals surface area contributed by atoms with Crippen molar-refractivity contribution in [2.45, 2.75) is 13.0 Å². The molecule has 0 radical (unpaired) electrons. The summed E-state index contributed by atoms with van der Waals surface area (Å²) >= 11 is 12.3. The van der Waals surface area contributed by atoms with Crippen molar-refractivity contribution in [1.82, 2.24) is 9.97 Å². The Kier molecular flexibility index (Phi) is 5.00. The number of aromatic nitrogens is 2. The summed E-state index contributed by atoms with van der Waals surface area (Å²) in [5, 5.41) is 1.06. The number of nitrogens with two attached hydrogens (primary N) is 2. The number of nitrogens with zero attached hydrogens (tertiary/aromatic N) is 2. The molecule has 0 spiro atoms. The first-order chi connectivity index (χ1) is 11.6. The summed E-state index contributed by atoms with van der Waals surface area (Å²) in [7, 11) is 0.